The van der Waals surface area contributed by atoms with Crippen molar-refractivity contribution in [1.29, 1.82) is 0 Å². The van der Waals surface area contributed by atoms with Crippen LogP contribution in [0.25, 0.3) is 0 Å². The maximum Gasteiger partial charge on any atom is 0.246 e. The van der Waals surface area contributed by atoms with E-state index < -0.39 is 10.0 Å². The highest BCUT2D eigenvalue weighted by atomic mass is 35.5. The van der Waals surface area contributed by atoms with Crippen molar-refractivity contribution in [2.75, 3.05) is 25.5 Å². The number of rotatable bonds is 7. The summed E-state index contributed by atoms with van der Waals surface area (Å²) in [7, 11) is -2.22. The Labute approximate surface area is 161 Å². The summed E-state index contributed by atoms with van der Waals surface area (Å²) in [6.45, 7) is 2.86. The van der Waals surface area contributed by atoms with E-state index in [1.54, 1.807) is 12.1 Å². The predicted molar refractivity (Wildman–Crippen MR) is 104 cm³/mol. The highest BCUT2D eigenvalue weighted by Gasteiger charge is 2.29. The number of amides is 1. The largest absolute Gasteiger partial charge is 0.495 e. The molecule has 1 saturated heterocycles. The van der Waals surface area contributed by atoms with E-state index in [4.69, 9.17) is 10.5 Å². The van der Waals surface area contributed by atoms with E-state index in [1.807, 2.05) is 6.92 Å². The summed E-state index contributed by atoms with van der Waals surface area (Å²) < 4.78 is 32.6. The predicted octanol–water partition coefficient (Wildman–Crippen LogP) is 2.36. The van der Waals surface area contributed by atoms with Gasteiger partial charge in [-0.25, -0.2) is 8.42 Å². The molecule has 1 atom stereocenters. The lowest BCUT2D eigenvalue weighted by Crippen LogP contribution is -2.35. The third-order valence-electron chi connectivity index (χ3n) is 4.21. The van der Waals surface area contributed by atoms with Crippen LogP contribution >= 0.6 is 12.4 Å². The monoisotopic (exact) mass is 405 g/mol. The number of hydrogen-bond donors (Lipinski definition) is 2. The Balaban J connectivity index is 0.00000338. The summed E-state index contributed by atoms with van der Waals surface area (Å²) in [5, 5.41) is 2.73. The molecule has 0 saturated carbocycles. The molecular formula is C17H28ClN3O4S. The number of anilines is 1. The van der Waals surface area contributed by atoms with Gasteiger partial charge in [0.25, 0.3) is 0 Å². The van der Waals surface area contributed by atoms with Crippen molar-refractivity contribution in [2.24, 2.45) is 5.73 Å². The summed E-state index contributed by atoms with van der Waals surface area (Å²) in [5.74, 6) is 0.0861. The quantitative estimate of drug-likeness (QED) is 0.724. The van der Waals surface area contributed by atoms with Gasteiger partial charge in [0.05, 0.1) is 7.11 Å². The number of nitrogens with one attached hydrogen (secondary N) is 1. The molecule has 0 aliphatic carbocycles. The molecule has 1 heterocycles. The van der Waals surface area contributed by atoms with Gasteiger partial charge in [0.1, 0.15) is 10.6 Å². The van der Waals surface area contributed by atoms with E-state index in [9.17, 15) is 13.2 Å². The lowest BCUT2D eigenvalue weighted by atomic mass is 10.2. The van der Waals surface area contributed by atoms with E-state index in [0.717, 1.165) is 19.3 Å². The first-order chi connectivity index (χ1) is 11.8. The first-order valence-corrected chi connectivity index (χ1v) is 10.0. The van der Waals surface area contributed by atoms with Crippen LogP contribution in [0, 0.1) is 0 Å². The minimum absolute atomic E-state index is 0. The fourth-order valence-corrected chi connectivity index (χ4v) is 4.48. The van der Waals surface area contributed by atoms with Crippen LogP contribution in [0.15, 0.2) is 23.1 Å². The maximum atomic E-state index is 12.9. The highest BCUT2D eigenvalue weighted by molar-refractivity contribution is 7.89. The first-order valence-electron chi connectivity index (χ1n) is 8.58. The van der Waals surface area contributed by atoms with Crippen LogP contribution in [0.3, 0.4) is 0 Å². The van der Waals surface area contributed by atoms with Crippen molar-refractivity contribution in [3.8, 4) is 5.75 Å². The molecule has 26 heavy (non-hydrogen) atoms. The van der Waals surface area contributed by atoms with Crippen molar-refractivity contribution in [1.82, 2.24) is 4.31 Å². The van der Waals surface area contributed by atoms with Crippen LogP contribution in [0.5, 0.6) is 5.75 Å². The third-order valence-corrected chi connectivity index (χ3v) is 6.13. The fraction of sp³-hybridized carbons (Fsp3) is 0.588. The molecule has 1 unspecified atom stereocenters. The van der Waals surface area contributed by atoms with Crippen LogP contribution < -0.4 is 15.8 Å². The smallest absolute Gasteiger partial charge is 0.246 e. The fourth-order valence-electron chi connectivity index (χ4n) is 2.78. The van der Waals surface area contributed by atoms with Gasteiger partial charge in [0.15, 0.2) is 0 Å². The molecule has 0 bridgehead atoms. The number of hydrogen-bond acceptors (Lipinski definition) is 5. The van der Waals surface area contributed by atoms with Gasteiger partial charge in [-0.1, -0.05) is 6.42 Å². The number of sulfonamides is 1. The Bertz CT molecular complexity index is 704. The molecule has 148 valence electrons. The van der Waals surface area contributed by atoms with E-state index in [0.29, 0.717) is 25.2 Å². The van der Waals surface area contributed by atoms with Gasteiger partial charge in [0, 0.05) is 31.2 Å². The van der Waals surface area contributed by atoms with Gasteiger partial charge in [-0.2, -0.15) is 4.31 Å². The van der Waals surface area contributed by atoms with Gasteiger partial charge >= 0.3 is 0 Å². The zero-order chi connectivity index (χ0) is 18.4. The SMILES string of the molecule is COc1ccc(NC(=O)CCC(C)N)cc1S(=O)(=O)N1CCCCC1.Cl. The van der Waals surface area contributed by atoms with Crippen molar-refractivity contribution in [3.05, 3.63) is 18.2 Å². The zero-order valence-corrected chi connectivity index (χ0v) is 16.9. The molecule has 1 fully saturated rings. The molecule has 0 aromatic heterocycles. The third kappa shape index (κ3) is 5.84. The summed E-state index contributed by atoms with van der Waals surface area (Å²) in [6, 6.07) is 4.61. The van der Waals surface area contributed by atoms with Crippen LogP contribution in [-0.2, 0) is 14.8 Å². The normalized spacial score (nSPS) is 16.4. The molecule has 1 aliphatic rings. The van der Waals surface area contributed by atoms with E-state index >= 15 is 0 Å². The van der Waals surface area contributed by atoms with Gasteiger partial charge in [-0.15, -0.1) is 12.4 Å². The lowest BCUT2D eigenvalue weighted by Gasteiger charge is -2.26. The topological polar surface area (TPSA) is 102 Å². The average molecular weight is 406 g/mol. The molecule has 0 spiro atoms. The minimum atomic E-state index is -3.65. The number of halogens is 1. The van der Waals surface area contributed by atoms with E-state index in [2.05, 4.69) is 5.32 Å². The maximum absolute atomic E-state index is 12.9. The summed E-state index contributed by atoms with van der Waals surface area (Å²) in [5.41, 5.74) is 6.09. The molecule has 1 aromatic carbocycles. The first kappa shape index (κ1) is 22.7. The molecule has 0 radical (unpaired) electrons. The molecule has 2 rings (SSSR count). The van der Waals surface area contributed by atoms with Gasteiger partial charge in [0.2, 0.25) is 15.9 Å². The molecule has 3 N–H and O–H groups in total. The number of nitrogens with two attached hydrogens (primary N) is 1. The number of carbonyl (C=O) groups is 1. The zero-order valence-electron chi connectivity index (χ0n) is 15.2. The van der Waals surface area contributed by atoms with Crippen molar-refractivity contribution >= 4 is 34.0 Å². The van der Waals surface area contributed by atoms with Gasteiger partial charge in [-0.05, 0) is 44.4 Å². The average Bonchev–Trinajstić information content (AvgIpc) is 2.60. The van der Waals surface area contributed by atoms with E-state index in [-0.39, 0.29) is 41.4 Å². The minimum Gasteiger partial charge on any atom is -0.495 e. The molecule has 9 heteroatoms. The van der Waals surface area contributed by atoms with Crippen LogP contribution in [-0.4, -0.2) is 44.9 Å². The molecule has 1 aliphatic heterocycles. The summed E-state index contributed by atoms with van der Waals surface area (Å²) in [6.07, 6.45) is 3.61. The Morgan fingerprint density at radius 2 is 1.96 bits per heavy atom. The molecule has 1 aromatic rings. The second kappa shape index (κ2) is 10.1. The number of nitrogens with zero attached hydrogens (tertiary/aromatic N) is 1. The Kier molecular flexibility index (Phi) is 8.82. The van der Waals surface area contributed by atoms with Gasteiger partial charge in [-0.3, -0.25) is 4.79 Å². The van der Waals surface area contributed by atoms with Crippen molar-refractivity contribution in [3.63, 3.8) is 0 Å². The Morgan fingerprint density at radius 3 is 2.54 bits per heavy atom. The second-order valence-corrected chi connectivity index (χ2v) is 8.30. The Morgan fingerprint density at radius 1 is 1.31 bits per heavy atom. The van der Waals surface area contributed by atoms with Crippen LogP contribution in [0.1, 0.15) is 39.0 Å². The number of ether oxygens (including phenoxy) is 1. The number of carbonyl (C=O) groups excluding carboxylic acids is 1. The summed E-state index contributed by atoms with van der Waals surface area (Å²) in [4.78, 5) is 12.1. The van der Waals surface area contributed by atoms with Gasteiger partial charge < -0.3 is 15.8 Å². The highest BCUT2D eigenvalue weighted by Crippen LogP contribution is 2.31. The molecule has 1 amide bonds. The second-order valence-electron chi connectivity index (χ2n) is 6.39. The van der Waals surface area contributed by atoms with Crippen molar-refractivity contribution in [2.45, 2.75) is 50.0 Å². The van der Waals surface area contributed by atoms with Crippen LogP contribution in [0.4, 0.5) is 5.69 Å². The Hall–Kier alpha value is -1.35. The molecule has 7 nitrogen and oxygen atoms in total. The van der Waals surface area contributed by atoms with Crippen molar-refractivity contribution < 1.29 is 17.9 Å². The number of methoxy groups -OCH3 is 1. The number of piperidine rings is 1. The number of benzene rings is 1. The lowest BCUT2D eigenvalue weighted by molar-refractivity contribution is -0.116. The standard InChI is InChI=1S/C17H27N3O4S.ClH/c1-13(18)6-9-17(21)19-14-7-8-15(24-2)16(12-14)25(22,23)20-10-4-3-5-11-20;/h7-8,12-13H,3-6,9-11,18H2,1-2H3,(H,19,21);1H. The summed E-state index contributed by atoms with van der Waals surface area (Å²) >= 11 is 0. The van der Waals surface area contributed by atoms with E-state index in [1.165, 1.54) is 17.5 Å². The van der Waals surface area contributed by atoms with Crippen LogP contribution in [0.2, 0.25) is 0 Å². The molecular weight excluding hydrogens is 378 g/mol.